The average molecular weight is 431 g/mol. The predicted octanol–water partition coefficient (Wildman–Crippen LogP) is 4.33. The van der Waals surface area contributed by atoms with Gasteiger partial charge in [0.15, 0.2) is 5.78 Å². The lowest BCUT2D eigenvalue weighted by atomic mass is 9.95. The van der Waals surface area contributed by atoms with Crippen LogP contribution < -0.4 is 5.32 Å². The van der Waals surface area contributed by atoms with Crippen LogP contribution in [0.1, 0.15) is 35.2 Å². The molecule has 1 aliphatic carbocycles. The molecule has 0 radical (unpaired) electrons. The van der Waals surface area contributed by atoms with Gasteiger partial charge in [-0.05, 0) is 60.6 Å². The highest BCUT2D eigenvalue weighted by Gasteiger charge is 2.25. The molecule has 3 aromatic rings. The number of ether oxygens (including phenoxy) is 1. The van der Waals surface area contributed by atoms with E-state index in [1.807, 2.05) is 24.4 Å². The Balaban J connectivity index is 1.30. The number of Topliss-reactive ketones (excluding diaryl/α,β-unsaturated/α-hetero) is 1. The molecule has 0 spiro atoms. The number of nitrogens with one attached hydrogen (secondary N) is 1. The van der Waals surface area contributed by atoms with Crippen LogP contribution in [0, 0.1) is 12.8 Å². The van der Waals surface area contributed by atoms with Gasteiger partial charge in [-0.3, -0.25) is 9.69 Å². The Morgan fingerprint density at radius 3 is 2.81 bits per heavy atom. The van der Waals surface area contributed by atoms with Gasteiger partial charge in [0.25, 0.3) is 0 Å². The smallest absolute Gasteiger partial charge is 0.223 e. The Hall–Kier alpha value is -2.83. The van der Waals surface area contributed by atoms with Gasteiger partial charge in [-0.25, -0.2) is 9.97 Å². The van der Waals surface area contributed by atoms with Gasteiger partial charge >= 0.3 is 0 Å². The van der Waals surface area contributed by atoms with Crippen molar-refractivity contribution >= 4 is 22.6 Å². The number of ketones is 1. The van der Waals surface area contributed by atoms with Crippen LogP contribution >= 0.6 is 0 Å². The van der Waals surface area contributed by atoms with E-state index in [1.54, 1.807) is 0 Å². The van der Waals surface area contributed by atoms with Crippen LogP contribution in [0.15, 0.2) is 42.6 Å². The van der Waals surface area contributed by atoms with Gasteiger partial charge < -0.3 is 10.1 Å². The highest BCUT2D eigenvalue weighted by Crippen LogP contribution is 2.34. The van der Waals surface area contributed by atoms with Crippen molar-refractivity contribution in [2.24, 2.45) is 5.92 Å². The van der Waals surface area contributed by atoms with Gasteiger partial charge in [0.1, 0.15) is 0 Å². The van der Waals surface area contributed by atoms with Crippen LogP contribution in [-0.2, 0) is 4.74 Å². The lowest BCUT2D eigenvalue weighted by molar-refractivity contribution is 0.0398. The molecule has 0 amide bonds. The third-order valence-electron chi connectivity index (χ3n) is 6.44. The number of nitrogens with zero attached hydrogens (tertiary/aromatic N) is 3. The van der Waals surface area contributed by atoms with Crippen molar-refractivity contribution in [1.29, 1.82) is 0 Å². The SMILES string of the molecule is Cc1ccc(C(=O)CC2CC2)cc1-c1ccc2nc(NCCN3CCOCC3)ncc2c1. The zero-order valence-electron chi connectivity index (χ0n) is 18.6. The van der Waals surface area contributed by atoms with Crippen LogP contribution in [-0.4, -0.2) is 60.0 Å². The van der Waals surface area contributed by atoms with Crippen molar-refractivity contribution in [2.45, 2.75) is 26.2 Å². The molecule has 1 saturated heterocycles. The topological polar surface area (TPSA) is 67.4 Å². The maximum Gasteiger partial charge on any atom is 0.223 e. The third kappa shape index (κ3) is 4.97. The zero-order valence-corrected chi connectivity index (χ0v) is 18.6. The molecule has 1 saturated carbocycles. The molecule has 0 bridgehead atoms. The summed E-state index contributed by atoms with van der Waals surface area (Å²) in [5, 5.41) is 4.33. The van der Waals surface area contributed by atoms with E-state index in [0.29, 0.717) is 18.3 Å². The maximum atomic E-state index is 12.6. The predicted molar refractivity (Wildman–Crippen MR) is 127 cm³/mol. The molecule has 166 valence electrons. The van der Waals surface area contributed by atoms with Gasteiger partial charge in [0.2, 0.25) is 5.95 Å². The van der Waals surface area contributed by atoms with Gasteiger partial charge in [-0.15, -0.1) is 0 Å². The minimum absolute atomic E-state index is 0.255. The molecular formula is C26H30N4O2. The van der Waals surface area contributed by atoms with Gasteiger partial charge in [0.05, 0.1) is 18.7 Å². The first kappa shape index (κ1) is 21.0. The average Bonchev–Trinajstić information content (AvgIpc) is 3.64. The Morgan fingerprint density at radius 1 is 1.16 bits per heavy atom. The van der Waals surface area contributed by atoms with Crippen molar-refractivity contribution < 1.29 is 9.53 Å². The molecule has 5 rings (SSSR count). The fourth-order valence-corrected chi connectivity index (χ4v) is 4.25. The number of morpholine rings is 1. The monoisotopic (exact) mass is 430 g/mol. The van der Waals surface area contributed by atoms with Gasteiger partial charge in [-0.2, -0.15) is 0 Å². The number of hydrogen-bond donors (Lipinski definition) is 1. The molecule has 1 aromatic heterocycles. The molecule has 2 heterocycles. The summed E-state index contributed by atoms with van der Waals surface area (Å²) in [6.07, 6.45) is 4.94. The molecule has 6 nitrogen and oxygen atoms in total. The first-order valence-electron chi connectivity index (χ1n) is 11.6. The Labute approximate surface area is 189 Å². The van der Waals surface area contributed by atoms with Crippen molar-refractivity contribution in [3.8, 4) is 11.1 Å². The second-order valence-corrected chi connectivity index (χ2v) is 8.95. The number of benzene rings is 2. The zero-order chi connectivity index (χ0) is 21.9. The second kappa shape index (κ2) is 9.35. The molecular weight excluding hydrogens is 400 g/mol. The number of fused-ring (bicyclic) bond motifs is 1. The number of carbonyl (C=O) groups excluding carboxylic acids is 1. The molecule has 1 N–H and O–H groups in total. The quantitative estimate of drug-likeness (QED) is 0.537. The van der Waals surface area contributed by atoms with Crippen molar-refractivity contribution in [3.63, 3.8) is 0 Å². The van der Waals surface area contributed by atoms with Crippen LogP contribution in [0.2, 0.25) is 0 Å². The summed E-state index contributed by atoms with van der Waals surface area (Å²) < 4.78 is 5.39. The molecule has 2 aromatic carbocycles. The van der Waals surface area contributed by atoms with E-state index < -0.39 is 0 Å². The number of aryl methyl sites for hydroxylation is 1. The lowest BCUT2D eigenvalue weighted by Crippen LogP contribution is -2.39. The number of carbonyl (C=O) groups is 1. The summed E-state index contributed by atoms with van der Waals surface area (Å²) in [6, 6.07) is 12.3. The summed E-state index contributed by atoms with van der Waals surface area (Å²) in [6.45, 7) is 7.44. The van der Waals surface area contributed by atoms with Crippen LogP contribution in [0.25, 0.3) is 22.0 Å². The normalized spacial score (nSPS) is 16.9. The summed E-state index contributed by atoms with van der Waals surface area (Å²) in [4.78, 5) is 24.2. The van der Waals surface area contributed by atoms with E-state index in [9.17, 15) is 4.79 Å². The molecule has 0 unspecified atom stereocenters. The van der Waals surface area contributed by atoms with Crippen LogP contribution in [0.4, 0.5) is 5.95 Å². The summed E-state index contributed by atoms with van der Waals surface area (Å²) in [5.74, 6) is 1.51. The Kier molecular flexibility index (Phi) is 6.14. The highest BCUT2D eigenvalue weighted by atomic mass is 16.5. The summed E-state index contributed by atoms with van der Waals surface area (Å²) >= 11 is 0. The minimum atomic E-state index is 0.255. The standard InChI is InChI=1S/C26H30N4O2/c1-18-2-5-21(25(31)14-19-3-4-19)16-23(18)20-6-7-24-22(15-20)17-28-26(29-24)27-8-9-30-10-12-32-13-11-30/h2,5-7,15-17,19H,3-4,8-14H2,1H3,(H,27,28,29). The van der Waals surface area contributed by atoms with Crippen LogP contribution in [0.3, 0.4) is 0 Å². The molecule has 32 heavy (non-hydrogen) atoms. The fourth-order valence-electron chi connectivity index (χ4n) is 4.25. The third-order valence-corrected chi connectivity index (χ3v) is 6.44. The molecule has 0 atom stereocenters. The van der Waals surface area contributed by atoms with Gasteiger partial charge in [-0.1, -0.05) is 18.2 Å². The molecule has 6 heteroatoms. The largest absolute Gasteiger partial charge is 0.379 e. The van der Waals surface area contributed by atoms with E-state index in [4.69, 9.17) is 4.74 Å². The van der Waals surface area contributed by atoms with Crippen molar-refractivity contribution in [2.75, 3.05) is 44.7 Å². The highest BCUT2D eigenvalue weighted by molar-refractivity contribution is 5.98. The van der Waals surface area contributed by atoms with Crippen molar-refractivity contribution in [3.05, 3.63) is 53.7 Å². The molecule has 2 aliphatic rings. The summed E-state index contributed by atoms with van der Waals surface area (Å²) in [7, 11) is 0. The van der Waals surface area contributed by atoms with E-state index in [2.05, 4.69) is 45.3 Å². The van der Waals surface area contributed by atoms with Crippen LogP contribution in [0.5, 0.6) is 0 Å². The van der Waals surface area contributed by atoms with Gasteiger partial charge in [0, 0.05) is 49.7 Å². The Bertz CT molecular complexity index is 1120. The van der Waals surface area contributed by atoms with E-state index in [0.717, 1.165) is 72.5 Å². The second-order valence-electron chi connectivity index (χ2n) is 8.95. The van der Waals surface area contributed by atoms with Crippen molar-refractivity contribution in [1.82, 2.24) is 14.9 Å². The number of hydrogen-bond acceptors (Lipinski definition) is 6. The number of rotatable bonds is 8. The van der Waals surface area contributed by atoms with E-state index >= 15 is 0 Å². The van der Waals surface area contributed by atoms with E-state index in [1.165, 1.54) is 12.8 Å². The van der Waals surface area contributed by atoms with E-state index in [-0.39, 0.29) is 5.78 Å². The number of anilines is 1. The lowest BCUT2D eigenvalue weighted by Gasteiger charge is -2.26. The maximum absolute atomic E-state index is 12.6. The summed E-state index contributed by atoms with van der Waals surface area (Å²) in [5.41, 5.74) is 5.08. The first-order chi connectivity index (χ1) is 15.7. The Morgan fingerprint density at radius 2 is 2.00 bits per heavy atom. The molecule has 2 fully saturated rings. The fraction of sp³-hybridized carbons (Fsp3) is 0.423. The minimum Gasteiger partial charge on any atom is -0.379 e. The molecule has 1 aliphatic heterocycles. The number of aromatic nitrogens is 2. The first-order valence-corrected chi connectivity index (χ1v) is 11.6.